The van der Waals surface area contributed by atoms with Gasteiger partial charge in [-0.3, -0.25) is 0 Å². The molecule has 0 saturated carbocycles. The van der Waals surface area contributed by atoms with Gasteiger partial charge in [-0.05, 0) is 32.9 Å². The average molecular weight is 303 g/mol. The van der Waals surface area contributed by atoms with Gasteiger partial charge in [-0.1, -0.05) is 65.2 Å². The average Bonchev–Trinajstić information content (AvgIpc) is 2.38. The van der Waals surface area contributed by atoms with Crippen molar-refractivity contribution in [3.8, 4) is 0 Å². The number of hydrogen-bond acceptors (Lipinski definition) is 2. The Hall–Kier alpha value is 0.137. The minimum Gasteiger partial charge on any atom is -0.395 e. The van der Waals surface area contributed by atoms with E-state index in [1.807, 2.05) is 0 Å². The lowest BCUT2D eigenvalue weighted by Crippen LogP contribution is -2.38. The van der Waals surface area contributed by atoms with E-state index in [1.165, 1.54) is 64.2 Å². The Balaban J connectivity index is 3.58. The lowest BCUT2D eigenvalue weighted by molar-refractivity contribution is 0.122. The zero-order chi connectivity index (χ0) is 15.3. The SMILES string of the molecule is CCCCCCCCC(C)O[Si](C)(C)OCCCCC. The van der Waals surface area contributed by atoms with E-state index in [4.69, 9.17) is 8.85 Å². The molecular weight excluding hydrogens is 264 g/mol. The van der Waals surface area contributed by atoms with E-state index in [-0.39, 0.29) is 0 Å². The highest BCUT2D eigenvalue weighted by molar-refractivity contribution is 6.64. The predicted octanol–water partition coefficient (Wildman–Crippen LogP) is 6.05. The fourth-order valence-corrected chi connectivity index (χ4v) is 4.25. The third kappa shape index (κ3) is 13.1. The van der Waals surface area contributed by atoms with Gasteiger partial charge < -0.3 is 8.85 Å². The van der Waals surface area contributed by atoms with Crippen LogP contribution in [0.5, 0.6) is 0 Å². The summed E-state index contributed by atoms with van der Waals surface area (Å²) in [4.78, 5) is 0. The molecule has 0 heterocycles. The maximum Gasteiger partial charge on any atom is 0.331 e. The highest BCUT2D eigenvalue weighted by atomic mass is 28.4. The largest absolute Gasteiger partial charge is 0.395 e. The van der Waals surface area contributed by atoms with Gasteiger partial charge in [0.15, 0.2) is 0 Å². The summed E-state index contributed by atoms with van der Waals surface area (Å²) in [5.74, 6) is 0. The Kier molecular flexibility index (Phi) is 12.9. The summed E-state index contributed by atoms with van der Waals surface area (Å²) in [6.45, 7) is 11.9. The van der Waals surface area contributed by atoms with Crippen LogP contribution in [0, 0.1) is 0 Å². The quantitative estimate of drug-likeness (QED) is 0.287. The van der Waals surface area contributed by atoms with Crippen LogP contribution in [0.3, 0.4) is 0 Å². The second-order valence-corrected chi connectivity index (χ2v) is 9.76. The smallest absolute Gasteiger partial charge is 0.331 e. The zero-order valence-electron chi connectivity index (χ0n) is 14.7. The van der Waals surface area contributed by atoms with E-state index in [9.17, 15) is 0 Å². The lowest BCUT2D eigenvalue weighted by atomic mass is 10.1. The van der Waals surface area contributed by atoms with Gasteiger partial charge in [0.1, 0.15) is 0 Å². The highest BCUT2D eigenvalue weighted by Gasteiger charge is 2.26. The van der Waals surface area contributed by atoms with E-state index in [0.29, 0.717) is 6.10 Å². The van der Waals surface area contributed by atoms with Crippen LogP contribution in [0.25, 0.3) is 0 Å². The Morgan fingerprint density at radius 2 is 1.35 bits per heavy atom. The van der Waals surface area contributed by atoms with E-state index in [1.54, 1.807) is 0 Å². The molecule has 0 aromatic rings. The molecule has 0 bridgehead atoms. The Morgan fingerprint density at radius 1 is 0.800 bits per heavy atom. The molecule has 2 nitrogen and oxygen atoms in total. The number of rotatable bonds is 14. The third-order valence-electron chi connectivity index (χ3n) is 3.65. The molecular formula is C17H38O2Si. The maximum atomic E-state index is 6.16. The van der Waals surface area contributed by atoms with Crippen LogP contribution in [-0.2, 0) is 8.85 Å². The van der Waals surface area contributed by atoms with Crippen LogP contribution in [0.4, 0.5) is 0 Å². The monoisotopic (exact) mass is 302 g/mol. The Labute approximate surface area is 128 Å². The van der Waals surface area contributed by atoms with Crippen molar-refractivity contribution in [3.63, 3.8) is 0 Å². The normalized spacial score (nSPS) is 13.7. The molecule has 20 heavy (non-hydrogen) atoms. The van der Waals surface area contributed by atoms with E-state index >= 15 is 0 Å². The molecule has 0 saturated heterocycles. The van der Waals surface area contributed by atoms with Gasteiger partial charge in [0.2, 0.25) is 0 Å². The molecule has 0 aliphatic carbocycles. The summed E-state index contributed by atoms with van der Waals surface area (Å²) in [6, 6.07) is 0. The van der Waals surface area contributed by atoms with Gasteiger partial charge in [0.25, 0.3) is 0 Å². The van der Waals surface area contributed by atoms with Crippen molar-refractivity contribution in [1.29, 1.82) is 0 Å². The van der Waals surface area contributed by atoms with E-state index < -0.39 is 8.56 Å². The highest BCUT2D eigenvalue weighted by Crippen LogP contribution is 2.16. The molecule has 1 unspecified atom stereocenters. The van der Waals surface area contributed by atoms with Crippen molar-refractivity contribution in [1.82, 2.24) is 0 Å². The number of unbranched alkanes of at least 4 members (excludes halogenated alkanes) is 7. The van der Waals surface area contributed by atoms with Gasteiger partial charge in [0.05, 0.1) is 0 Å². The molecule has 0 aromatic carbocycles. The van der Waals surface area contributed by atoms with Gasteiger partial charge in [-0.25, -0.2) is 0 Å². The minimum absolute atomic E-state index is 0.356. The predicted molar refractivity (Wildman–Crippen MR) is 91.5 cm³/mol. The van der Waals surface area contributed by atoms with Crippen molar-refractivity contribution in [2.45, 2.75) is 104 Å². The zero-order valence-corrected chi connectivity index (χ0v) is 15.7. The first kappa shape index (κ1) is 20.1. The molecule has 0 aliphatic heterocycles. The van der Waals surface area contributed by atoms with Crippen molar-refractivity contribution in [2.24, 2.45) is 0 Å². The first-order valence-corrected chi connectivity index (χ1v) is 11.6. The van der Waals surface area contributed by atoms with Crippen LogP contribution >= 0.6 is 0 Å². The van der Waals surface area contributed by atoms with Gasteiger partial charge in [-0.2, -0.15) is 0 Å². The second kappa shape index (κ2) is 12.8. The van der Waals surface area contributed by atoms with Crippen molar-refractivity contribution in [3.05, 3.63) is 0 Å². The Bertz CT molecular complexity index is 207. The van der Waals surface area contributed by atoms with Crippen LogP contribution in [0.2, 0.25) is 13.1 Å². The molecule has 3 heteroatoms. The molecule has 0 N–H and O–H groups in total. The van der Waals surface area contributed by atoms with Crippen LogP contribution < -0.4 is 0 Å². The standard InChI is InChI=1S/C17H38O2Si/c1-6-8-10-11-12-13-15-17(3)19-20(4,5)18-16-14-9-7-2/h17H,6-16H2,1-5H3. The van der Waals surface area contributed by atoms with Crippen molar-refractivity contribution >= 4 is 8.56 Å². The van der Waals surface area contributed by atoms with Crippen molar-refractivity contribution < 1.29 is 8.85 Å². The summed E-state index contributed by atoms with van der Waals surface area (Å²) in [6.07, 6.45) is 13.4. The molecule has 1 atom stereocenters. The van der Waals surface area contributed by atoms with Crippen molar-refractivity contribution in [2.75, 3.05) is 6.61 Å². The molecule has 0 amide bonds. The molecule has 122 valence electrons. The minimum atomic E-state index is -1.90. The van der Waals surface area contributed by atoms with Crippen LogP contribution in [0.1, 0.15) is 85.0 Å². The summed E-state index contributed by atoms with van der Waals surface area (Å²) in [5, 5.41) is 0. The lowest BCUT2D eigenvalue weighted by Gasteiger charge is -2.27. The summed E-state index contributed by atoms with van der Waals surface area (Å²) >= 11 is 0. The molecule has 0 fully saturated rings. The fraction of sp³-hybridized carbons (Fsp3) is 1.00. The first-order chi connectivity index (χ1) is 9.52. The first-order valence-electron chi connectivity index (χ1n) is 8.83. The molecule has 0 spiro atoms. The maximum absolute atomic E-state index is 6.16. The van der Waals surface area contributed by atoms with E-state index in [0.717, 1.165) is 6.61 Å². The molecule has 0 aliphatic rings. The van der Waals surface area contributed by atoms with E-state index in [2.05, 4.69) is 33.9 Å². The van der Waals surface area contributed by atoms with Crippen LogP contribution in [0.15, 0.2) is 0 Å². The third-order valence-corrected chi connectivity index (χ3v) is 5.52. The summed E-state index contributed by atoms with van der Waals surface area (Å²) in [5.41, 5.74) is 0. The second-order valence-electron chi connectivity index (χ2n) is 6.44. The summed E-state index contributed by atoms with van der Waals surface area (Å²) in [7, 11) is -1.90. The van der Waals surface area contributed by atoms with Crippen LogP contribution in [-0.4, -0.2) is 21.3 Å². The topological polar surface area (TPSA) is 18.5 Å². The molecule has 0 radical (unpaired) electrons. The summed E-state index contributed by atoms with van der Waals surface area (Å²) < 4.78 is 12.1. The molecule has 0 rings (SSSR count). The van der Waals surface area contributed by atoms with Gasteiger partial charge >= 0.3 is 8.56 Å². The Morgan fingerprint density at radius 3 is 2.00 bits per heavy atom. The van der Waals surface area contributed by atoms with Gasteiger partial charge in [-0.15, -0.1) is 0 Å². The number of hydrogen-bond donors (Lipinski definition) is 0. The fourth-order valence-electron chi connectivity index (χ4n) is 2.46. The molecule has 0 aromatic heterocycles. The van der Waals surface area contributed by atoms with Gasteiger partial charge in [0, 0.05) is 12.7 Å².